The molecule has 3 heteroatoms. The lowest BCUT2D eigenvalue weighted by atomic mass is 9.98. The first-order chi connectivity index (χ1) is 7.19. The van der Waals surface area contributed by atoms with Gasteiger partial charge in [-0.05, 0) is 25.8 Å². The van der Waals surface area contributed by atoms with E-state index in [4.69, 9.17) is 0 Å². The molecule has 0 saturated carbocycles. The Morgan fingerprint density at radius 3 is 2.73 bits per heavy atom. The molecule has 1 heterocycles. The van der Waals surface area contributed by atoms with Crippen molar-refractivity contribution in [1.29, 1.82) is 0 Å². The predicted octanol–water partition coefficient (Wildman–Crippen LogP) is 1.63. The molecule has 2 atom stereocenters. The van der Waals surface area contributed by atoms with Crippen molar-refractivity contribution < 1.29 is 4.79 Å². The van der Waals surface area contributed by atoms with Crippen LogP contribution in [0.4, 0.5) is 0 Å². The largest absolute Gasteiger partial charge is 0.341 e. The molecular formula is C12H24N2O. The van der Waals surface area contributed by atoms with Crippen LogP contribution in [0.15, 0.2) is 0 Å². The van der Waals surface area contributed by atoms with E-state index < -0.39 is 0 Å². The van der Waals surface area contributed by atoms with Crippen molar-refractivity contribution in [3.05, 3.63) is 0 Å². The minimum absolute atomic E-state index is 0.338. The summed E-state index contributed by atoms with van der Waals surface area (Å²) in [7, 11) is 1.99. The molecule has 1 aliphatic heterocycles. The summed E-state index contributed by atoms with van der Waals surface area (Å²) in [4.78, 5) is 13.7. The van der Waals surface area contributed by atoms with Gasteiger partial charge in [0.15, 0.2) is 0 Å². The molecule has 3 nitrogen and oxygen atoms in total. The molecule has 1 aliphatic rings. The van der Waals surface area contributed by atoms with Crippen LogP contribution < -0.4 is 5.32 Å². The standard InChI is InChI=1S/C12H24N2O/c1-4-10(2)11(13-3)9-14-8-6-5-7-12(14)15/h10-11,13H,4-9H2,1-3H3. The Hall–Kier alpha value is -0.570. The number of hydrogen-bond donors (Lipinski definition) is 1. The summed E-state index contributed by atoms with van der Waals surface area (Å²) in [5.41, 5.74) is 0. The van der Waals surface area contributed by atoms with Gasteiger partial charge in [0.1, 0.15) is 0 Å². The maximum atomic E-state index is 11.7. The third-order valence-corrected chi connectivity index (χ3v) is 3.54. The predicted molar refractivity (Wildman–Crippen MR) is 62.7 cm³/mol. The van der Waals surface area contributed by atoms with E-state index in [1.165, 1.54) is 6.42 Å². The van der Waals surface area contributed by atoms with Crippen molar-refractivity contribution in [2.24, 2.45) is 5.92 Å². The Kier molecular flexibility index (Phi) is 5.09. The monoisotopic (exact) mass is 212 g/mol. The number of piperidine rings is 1. The third kappa shape index (κ3) is 3.49. The van der Waals surface area contributed by atoms with Crippen LogP contribution in [-0.4, -0.2) is 37.0 Å². The van der Waals surface area contributed by atoms with Crippen molar-refractivity contribution in [3.63, 3.8) is 0 Å². The van der Waals surface area contributed by atoms with Crippen LogP contribution in [0.25, 0.3) is 0 Å². The Balaban J connectivity index is 2.46. The number of likely N-dealkylation sites (tertiary alicyclic amines) is 1. The van der Waals surface area contributed by atoms with Crippen LogP contribution >= 0.6 is 0 Å². The van der Waals surface area contributed by atoms with Crippen LogP contribution in [0.3, 0.4) is 0 Å². The zero-order valence-electron chi connectivity index (χ0n) is 10.3. The fraction of sp³-hybridized carbons (Fsp3) is 0.917. The van der Waals surface area contributed by atoms with Gasteiger partial charge >= 0.3 is 0 Å². The van der Waals surface area contributed by atoms with Crippen LogP contribution in [0.2, 0.25) is 0 Å². The third-order valence-electron chi connectivity index (χ3n) is 3.54. The molecule has 0 spiro atoms. The minimum Gasteiger partial charge on any atom is -0.341 e. The second-order valence-electron chi connectivity index (χ2n) is 4.58. The topological polar surface area (TPSA) is 32.3 Å². The highest BCUT2D eigenvalue weighted by molar-refractivity contribution is 5.76. The summed E-state index contributed by atoms with van der Waals surface area (Å²) in [6.45, 7) is 6.28. The minimum atomic E-state index is 0.338. The highest BCUT2D eigenvalue weighted by Gasteiger charge is 2.23. The van der Waals surface area contributed by atoms with Gasteiger partial charge in [-0.2, -0.15) is 0 Å². The number of likely N-dealkylation sites (N-methyl/N-ethyl adjacent to an activating group) is 1. The van der Waals surface area contributed by atoms with Gasteiger partial charge in [0.05, 0.1) is 0 Å². The molecule has 2 unspecified atom stereocenters. The normalized spacial score (nSPS) is 21.5. The van der Waals surface area contributed by atoms with Crippen LogP contribution in [0.5, 0.6) is 0 Å². The van der Waals surface area contributed by atoms with Crippen molar-refractivity contribution in [2.45, 2.75) is 45.6 Å². The number of carbonyl (C=O) groups is 1. The molecule has 1 amide bonds. The molecule has 1 N–H and O–H groups in total. The number of nitrogens with one attached hydrogen (secondary N) is 1. The fourth-order valence-corrected chi connectivity index (χ4v) is 2.13. The van der Waals surface area contributed by atoms with Crippen LogP contribution in [0, 0.1) is 5.92 Å². The molecule has 0 aliphatic carbocycles. The quantitative estimate of drug-likeness (QED) is 0.751. The number of rotatable bonds is 5. The molecule has 1 fully saturated rings. The summed E-state index contributed by atoms with van der Waals surface area (Å²) in [5.74, 6) is 0.967. The van der Waals surface area contributed by atoms with Gasteiger partial charge in [-0.3, -0.25) is 4.79 Å². The average molecular weight is 212 g/mol. The smallest absolute Gasteiger partial charge is 0.222 e. The lowest BCUT2D eigenvalue weighted by Gasteiger charge is -2.32. The van der Waals surface area contributed by atoms with Crippen molar-refractivity contribution >= 4 is 5.91 Å². The highest BCUT2D eigenvalue weighted by Crippen LogP contribution is 2.14. The number of hydrogen-bond acceptors (Lipinski definition) is 2. The number of amides is 1. The van der Waals surface area contributed by atoms with E-state index in [1.807, 2.05) is 11.9 Å². The molecule has 88 valence electrons. The van der Waals surface area contributed by atoms with E-state index in [1.54, 1.807) is 0 Å². The van der Waals surface area contributed by atoms with Gasteiger partial charge in [-0.15, -0.1) is 0 Å². The Morgan fingerprint density at radius 1 is 1.47 bits per heavy atom. The van der Waals surface area contributed by atoms with E-state index in [0.717, 1.165) is 32.4 Å². The van der Waals surface area contributed by atoms with E-state index in [9.17, 15) is 4.79 Å². The van der Waals surface area contributed by atoms with Gasteiger partial charge in [0.25, 0.3) is 0 Å². The molecule has 1 rings (SSSR count). The van der Waals surface area contributed by atoms with Crippen molar-refractivity contribution in [3.8, 4) is 0 Å². The zero-order valence-corrected chi connectivity index (χ0v) is 10.3. The fourth-order valence-electron chi connectivity index (χ4n) is 2.13. The van der Waals surface area contributed by atoms with E-state index >= 15 is 0 Å². The Labute approximate surface area is 93.2 Å². The number of carbonyl (C=O) groups excluding carboxylic acids is 1. The first-order valence-corrected chi connectivity index (χ1v) is 6.14. The van der Waals surface area contributed by atoms with E-state index in [2.05, 4.69) is 19.2 Å². The summed E-state index contributed by atoms with van der Waals surface area (Å²) in [6.07, 6.45) is 4.15. The molecule has 0 aromatic rings. The van der Waals surface area contributed by atoms with Crippen molar-refractivity contribution in [2.75, 3.05) is 20.1 Å². The van der Waals surface area contributed by atoms with Crippen LogP contribution in [-0.2, 0) is 4.79 Å². The molecular weight excluding hydrogens is 188 g/mol. The summed E-state index contributed by atoms with van der Waals surface area (Å²) < 4.78 is 0. The summed E-state index contributed by atoms with van der Waals surface area (Å²) in [6, 6.07) is 0.442. The van der Waals surface area contributed by atoms with Crippen LogP contribution in [0.1, 0.15) is 39.5 Å². The first-order valence-electron chi connectivity index (χ1n) is 6.14. The molecule has 0 radical (unpaired) electrons. The van der Waals surface area contributed by atoms with E-state index in [-0.39, 0.29) is 0 Å². The van der Waals surface area contributed by atoms with Gasteiger partial charge in [0.2, 0.25) is 5.91 Å². The van der Waals surface area contributed by atoms with E-state index in [0.29, 0.717) is 17.9 Å². The molecule has 0 aromatic heterocycles. The van der Waals surface area contributed by atoms with Gasteiger partial charge in [-0.1, -0.05) is 20.3 Å². The molecule has 0 bridgehead atoms. The summed E-state index contributed by atoms with van der Waals surface area (Å²) in [5, 5.41) is 3.33. The SMILES string of the molecule is CCC(C)C(CN1CCCCC1=O)NC. The van der Waals surface area contributed by atoms with Gasteiger partial charge < -0.3 is 10.2 Å². The highest BCUT2D eigenvalue weighted by atomic mass is 16.2. The van der Waals surface area contributed by atoms with Gasteiger partial charge in [0, 0.05) is 25.6 Å². The lowest BCUT2D eigenvalue weighted by molar-refractivity contribution is -0.133. The molecule has 15 heavy (non-hydrogen) atoms. The second-order valence-corrected chi connectivity index (χ2v) is 4.58. The summed E-state index contributed by atoms with van der Waals surface area (Å²) >= 11 is 0. The number of nitrogens with zero attached hydrogens (tertiary/aromatic N) is 1. The van der Waals surface area contributed by atoms with Gasteiger partial charge in [-0.25, -0.2) is 0 Å². The molecule has 0 aromatic carbocycles. The maximum Gasteiger partial charge on any atom is 0.222 e. The molecule has 1 saturated heterocycles. The Morgan fingerprint density at radius 2 is 2.20 bits per heavy atom. The Bertz CT molecular complexity index is 206. The lowest BCUT2D eigenvalue weighted by Crippen LogP contribution is -2.47. The van der Waals surface area contributed by atoms with Crippen molar-refractivity contribution in [1.82, 2.24) is 10.2 Å². The first kappa shape index (κ1) is 12.5. The maximum absolute atomic E-state index is 11.7. The second kappa shape index (κ2) is 6.11. The average Bonchev–Trinajstić information content (AvgIpc) is 2.27. The zero-order chi connectivity index (χ0) is 11.3.